The summed E-state index contributed by atoms with van der Waals surface area (Å²) in [5, 5.41) is 0.685. The lowest BCUT2D eigenvalue weighted by atomic mass is 10.2. The van der Waals surface area contributed by atoms with E-state index in [4.69, 9.17) is 16.3 Å². The van der Waals surface area contributed by atoms with E-state index in [-0.39, 0.29) is 5.75 Å². The number of aromatic nitrogens is 1. The molecule has 0 N–H and O–H groups in total. The van der Waals surface area contributed by atoms with Gasteiger partial charge in [-0.2, -0.15) is 0 Å². The van der Waals surface area contributed by atoms with Crippen molar-refractivity contribution >= 4 is 27.5 Å². The molecule has 18 heavy (non-hydrogen) atoms. The Labute approximate surface area is 116 Å². The average Bonchev–Trinajstić information content (AvgIpc) is 2.33. The van der Waals surface area contributed by atoms with E-state index in [0.29, 0.717) is 15.9 Å². The first-order chi connectivity index (χ1) is 8.60. The Morgan fingerprint density at radius 1 is 1.17 bits per heavy atom. The fourth-order valence-electron chi connectivity index (χ4n) is 1.35. The van der Waals surface area contributed by atoms with Crippen LogP contribution in [0.4, 0.5) is 8.78 Å². The van der Waals surface area contributed by atoms with Gasteiger partial charge in [0.2, 0.25) is 0 Å². The number of ether oxygens (including phenoxy) is 1. The summed E-state index contributed by atoms with van der Waals surface area (Å²) < 4.78 is 32.4. The Morgan fingerprint density at radius 2 is 1.83 bits per heavy atom. The molecule has 0 radical (unpaired) electrons. The highest BCUT2D eigenvalue weighted by Gasteiger charge is 2.13. The molecule has 0 aliphatic rings. The number of hydrogen-bond donors (Lipinski definition) is 0. The lowest BCUT2D eigenvalue weighted by Gasteiger charge is -2.08. The van der Waals surface area contributed by atoms with E-state index < -0.39 is 17.4 Å². The summed E-state index contributed by atoms with van der Waals surface area (Å²) in [5.74, 6) is -1.84. The van der Waals surface area contributed by atoms with Gasteiger partial charge in [-0.25, -0.2) is 8.78 Å². The van der Waals surface area contributed by atoms with Gasteiger partial charge in [0.25, 0.3) is 0 Å². The van der Waals surface area contributed by atoms with Crippen molar-refractivity contribution in [2.24, 2.45) is 0 Å². The molecule has 0 amide bonds. The Balaban J connectivity index is 2.35. The van der Waals surface area contributed by atoms with Crippen molar-refractivity contribution in [1.82, 2.24) is 4.98 Å². The SMILES string of the molecule is Fc1cc(CBr)cc(F)c1Oc1cncc(Cl)c1. The van der Waals surface area contributed by atoms with Crippen LogP contribution in [0.1, 0.15) is 5.56 Å². The highest BCUT2D eigenvalue weighted by Crippen LogP contribution is 2.29. The molecule has 1 heterocycles. The lowest BCUT2D eigenvalue weighted by molar-refractivity contribution is 0.405. The summed E-state index contributed by atoms with van der Waals surface area (Å²) in [7, 11) is 0. The van der Waals surface area contributed by atoms with Crippen molar-refractivity contribution in [2.45, 2.75) is 5.33 Å². The summed E-state index contributed by atoms with van der Waals surface area (Å²) in [6, 6.07) is 3.82. The highest BCUT2D eigenvalue weighted by molar-refractivity contribution is 9.08. The van der Waals surface area contributed by atoms with Gasteiger partial charge in [0, 0.05) is 17.6 Å². The number of alkyl halides is 1. The van der Waals surface area contributed by atoms with Crippen molar-refractivity contribution in [3.8, 4) is 11.5 Å². The topological polar surface area (TPSA) is 22.1 Å². The van der Waals surface area contributed by atoms with E-state index in [1.807, 2.05) is 0 Å². The summed E-state index contributed by atoms with van der Waals surface area (Å²) in [6.45, 7) is 0. The molecule has 94 valence electrons. The molecule has 0 aliphatic carbocycles. The number of hydrogen-bond acceptors (Lipinski definition) is 2. The molecule has 0 saturated carbocycles. The second kappa shape index (κ2) is 5.63. The fourth-order valence-corrected chi connectivity index (χ4v) is 1.84. The molecule has 0 spiro atoms. The third-order valence-electron chi connectivity index (χ3n) is 2.11. The molecule has 6 heteroatoms. The largest absolute Gasteiger partial charge is 0.449 e. The van der Waals surface area contributed by atoms with Crippen LogP contribution in [0.15, 0.2) is 30.6 Å². The zero-order valence-electron chi connectivity index (χ0n) is 8.96. The van der Waals surface area contributed by atoms with Gasteiger partial charge < -0.3 is 4.74 Å². The lowest BCUT2D eigenvalue weighted by Crippen LogP contribution is -1.95. The van der Waals surface area contributed by atoms with Crippen LogP contribution in [-0.4, -0.2) is 4.98 Å². The van der Waals surface area contributed by atoms with Crippen molar-refractivity contribution in [3.05, 3.63) is 52.8 Å². The predicted molar refractivity (Wildman–Crippen MR) is 68.3 cm³/mol. The fraction of sp³-hybridized carbons (Fsp3) is 0.0833. The number of rotatable bonds is 3. The van der Waals surface area contributed by atoms with Crippen molar-refractivity contribution in [2.75, 3.05) is 0 Å². The minimum atomic E-state index is -0.774. The molecule has 1 aromatic heterocycles. The molecular formula is C12H7BrClF2NO. The first-order valence-corrected chi connectivity index (χ1v) is 6.42. The van der Waals surface area contributed by atoms with Crippen molar-refractivity contribution in [1.29, 1.82) is 0 Å². The first-order valence-electron chi connectivity index (χ1n) is 4.92. The van der Waals surface area contributed by atoms with Crippen molar-refractivity contribution in [3.63, 3.8) is 0 Å². The number of pyridine rings is 1. The van der Waals surface area contributed by atoms with E-state index in [1.54, 1.807) is 0 Å². The normalized spacial score (nSPS) is 10.4. The van der Waals surface area contributed by atoms with E-state index in [2.05, 4.69) is 20.9 Å². The average molecular weight is 335 g/mol. The van der Waals surface area contributed by atoms with Gasteiger partial charge in [-0.3, -0.25) is 4.98 Å². The van der Waals surface area contributed by atoms with Crippen LogP contribution >= 0.6 is 27.5 Å². The van der Waals surface area contributed by atoms with Crippen LogP contribution in [0.25, 0.3) is 0 Å². The van der Waals surface area contributed by atoms with Crippen LogP contribution in [0.5, 0.6) is 11.5 Å². The Hall–Kier alpha value is -1.20. The van der Waals surface area contributed by atoms with Crippen molar-refractivity contribution < 1.29 is 13.5 Å². The standard InChI is InChI=1S/C12H7BrClF2NO/c13-4-7-1-10(15)12(11(16)2-7)18-9-3-8(14)5-17-6-9/h1-3,5-6H,4H2. The van der Waals surface area contributed by atoms with E-state index in [1.165, 1.54) is 30.6 Å². The van der Waals surface area contributed by atoms with Crippen LogP contribution in [0.3, 0.4) is 0 Å². The number of nitrogens with zero attached hydrogens (tertiary/aromatic N) is 1. The molecule has 0 saturated heterocycles. The van der Waals surface area contributed by atoms with Crippen LogP contribution in [0, 0.1) is 11.6 Å². The molecule has 2 rings (SSSR count). The minimum Gasteiger partial charge on any atom is -0.449 e. The maximum absolute atomic E-state index is 13.6. The monoisotopic (exact) mass is 333 g/mol. The van der Waals surface area contributed by atoms with Gasteiger partial charge in [0.1, 0.15) is 5.75 Å². The molecule has 0 atom stereocenters. The van der Waals surface area contributed by atoms with Gasteiger partial charge in [-0.15, -0.1) is 0 Å². The molecule has 0 bridgehead atoms. The Bertz CT molecular complexity index is 557. The van der Waals surface area contributed by atoms with E-state index >= 15 is 0 Å². The third kappa shape index (κ3) is 2.97. The molecule has 1 aromatic carbocycles. The Kier molecular flexibility index (Phi) is 4.14. The Morgan fingerprint density at radius 3 is 2.39 bits per heavy atom. The second-order valence-corrected chi connectivity index (χ2v) is 4.46. The second-order valence-electron chi connectivity index (χ2n) is 3.46. The predicted octanol–water partition coefficient (Wildman–Crippen LogP) is 4.70. The molecule has 0 fully saturated rings. The van der Waals surface area contributed by atoms with Crippen LogP contribution < -0.4 is 4.74 Å². The van der Waals surface area contributed by atoms with E-state index in [9.17, 15) is 8.78 Å². The maximum Gasteiger partial charge on any atom is 0.198 e. The van der Waals surface area contributed by atoms with Gasteiger partial charge in [0.15, 0.2) is 17.4 Å². The molecule has 2 nitrogen and oxygen atoms in total. The summed E-state index contributed by atoms with van der Waals surface area (Å²) in [6.07, 6.45) is 2.72. The smallest absolute Gasteiger partial charge is 0.198 e. The molecule has 2 aromatic rings. The summed E-state index contributed by atoms with van der Waals surface area (Å²) >= 11 is 8.83. The summed E-state index contributed by atoms with van der Waals surface area (Å²) in [4.78, 5) is 3.76. The first kappa shape index (κ1) is 13.2. The van der Waals surface area contributed by atoms with Gasteiger partial charge in [-0.1, -0.05) is 27.5 Å². The number of halogens is 4. The van der Waals surface area contributed by atoms with Gasteiger partial charge in [0.05, 0.1) is 11.2 Å². The van der Waals surface area contributed by atoms with Gasteiger partial charge >= 0.3 is 0 Å². The highest BCUT2D eigenvalue weighted by atomic mass is 79.9. The minimum absolute atomic E-state index is 0.173. The molecular weight excluding hydrogens is 327 g/mol. The van der Waals surface area contributed by atoms with Gasteiger partial charge in [-0.05, 0) is 17.7 Å². The van der Waals surface area contributed by atoms with Crippen LogP contribution in [-0.2, 0) is 5.33 Å². The maximum atomic E-state index is 13.6. The zero-order chi connectivity index (χ0) is 13.1. The zero-order valence-corrected chi connectivity index (χ0v) is 11.3. The quantitative estimate of drug-likeness (QED) is 0.759. The molecule has 0 aliphatic heterocycles. The third-order valence-corrected chi connectivity index (χ3v) is 2.97. The summed E-state index contributed by atoms with van der Waals surface area (Å²) in [5.41, 5.74) is 0.488. The van der Waals surface area contributed by atoms with Crippen LogP contribution in [0.2, 0.25) is 5.02 Å². The molecule has 0 unspecified atom stereocenters. The number of benzene rings is 1. The van der Waals surface area contributed by atoms with E-state index in [0.717, 1.165) is 0 Å².